The largest absolute Gasteiger partial charge is 0.490 e. The van der Waals surface area contributed by atoms with E-state index >= 15 is 0 Å². The fourth-order valence-electron chi connectivity index (χ4n) is 3.09. The van der Waals surface area contributed by atoms with Crippen molar-refractivity contribution >= 4 is 54.9 Å². The Labute approximate surface area is 207 Å². The second-order valence-electron chi connectivity index (χ2n) is 7.16. The van der Waals surface area contributed by atoms with Gasteiger partial charge in [0.15, 0.2) is 17.6 Å². The first-order valence-corrected chi connectivity index (χ1v) is 11.9. The van der Waals surface area contributed by atoms with E-state index in [-0.39, 0.29) is 11.3 Å². The number of rotatable bonds is 9. The Morgan fingerprint density at radius 3 is 2.70 bits per heavy atom. The fourth-order valence-corrected chi connectivity index (χ4v) is 4.00. The van der Waals surface area contributed by atoms with Crippen LogP contribution in [0.15, 0.2) is 49.2 Å². The molecule has 0 fully saturated rings. The number of ether oxygens (including phenoxy) is 2. The van der Waals surface area contributed by atoms with Crippen LogP contribution in [0.4, 0.5) is 0 Å². The number of carbonyl (C=O) groups is 1. The van der Waals surface area contributed by atoms with Crippen LogP contribution >= 0.6 is 31.9 Å². The maximum absolute atomic E-state index is 13.2. The van der Waals surface area contributed by atoms with E-state index in [1.807, 2.05) is 19.9 Å². The SMILES string of the molecule is CCCc1nc2ccc(Br)cc2c(=O)n1N=Cc1cc(Br)c(O[C@@H](C)C(=O)O)c(OCC)c1. The maximum Gasteiger partial charge on any atom is 0.344 e. The molecule has 10 heteroatoms. The van der Waals surface area contributed by atoms with E-state index in [0.717, 1.165) is 10.9 Å². The fraction of sp³-hybridized carbons (Fsp3) is 0.304. The van der Waals surface area contributed by atoms with Gasteiger partial charge in [-0.25, -0.2) is 9.78 Å². The molecule has 3 rings (SSSR count). The molecule has 174 valence electrons. The van der Waals surface area contributed by atoms with Crippen molar-refractivity contribution in [1.82, 2.24) is 9.66 Å². The molecule has 1 N–H and O–H groups in total. The molecule has 1 aromatic heterocycles. The van der Waals surface area contributed by atoms with E-state index in [2.05, 4.69) is 41.9 Å². The number of aryl methyl sites for hydroxylation is 1. The Balaban J connectivity index is 2.07. The number of carboxylic acids is 1. The second kappa shape index (κ2) is 10.9. The average molecular weight is 581 g/mol. The van der Waals surface area contributed by atoms with Crippen molar-refractivity contribution < 1.29 is 19.4 Å². The van der Waals surface area contributed by atoms with E-state index in [0.29, 0.717) is 45.5 Å². The van der Waals surface area contributed by atoms with Gasteiger partial charge in [-0.2, -0.15) is 9.78 Å². The van der Waals surface area contributed by atoms with Gasteiger partial charge >= 0.3 is 5.97 Å². The topological polar surface area (TPSA) is 103 Å². The van der Waals surface area contributed by atoms with E-state index in [1.54, 1.807) is 24.3 Å². The molecule has 0 aliphatic rings. The lowest BCUT2D eigenvalue weighted by atomic mass is 10.2. The molecule has 0 unspecified atom stereocenters. The first-order valence-electron chi connectivity index (χ1n) is 10.4. The molecule has 0 aliphatic heterocycles. The van der Waals surface area contributed by atoms with Crippen molar-refractivity contribution in [3.05, 3.63) is 61.0 Å². The minimum absolute atomic E-state index is 0.264. The molecule has 0 amide bonds. The van der Waals surface area contributed by atoms with Gasteiger partial charge in [0.2, 0.25) is 0 Å². The van der Waals surface area contributed by atoms with Crippen LogP contribution in [0.1, 0.15) is 38.6 Å². The molecule has 0 radical (unpaired) electrons. The van der Waals surface area contributed by atoms with Gasteiger partial charge in [0.05, 0.1) is 28.2 Å². The van der Waals surface area contributed by atoms with Crippen LogP contribution in [0, 0.1) is 0 Å². The smallest absolute Gasteiger partial charge is 0.344 e. The van der Waals surface area contributed by atoms with Gasteiger partial charge in [0, 0.05) is 10.9 Å². The Morgan fingerprint density at radius 1 is 1.27 bits per heavy atom. The zero-order valence-electron chi connectivity index (χ0n) is 18.3. The van der Waals surface area contributed by atoms with Gasteiger partial charge in [0.1, 0.15) is 5.82 Å². The van der Waals surface area contributed by atoms with Gasteiger partial charge < -0.3 is 14.6 Å². The lowest BCUT2D eigenvalue weighted by Crippen LogP contribution is -2.23. The summed E-state index contributed by atoms with van der Waals surface area (Å²) in [7, 11) is 0. The number of aromatic nitrogens is 2. The van der Waals surface area contributed by atoms with Gasteiger partial charge in [-0.15, -0.1) is 0 Å². The summed E-state index contributed by atoms with van der Waals surface area (Å²) in [4.78, 5) is 29.0. The molecule has 0 spiro atoms. The molecule has 1 heterocycles. The number of fused-ring (bicyclic) bond motifs is 1. The zero-order chi connectivity index (χ0) is 24.1. The van der Waals surface area contributed by atoms with Crippen molar-refractivity contribution in [2.45, 2.75) is 39.7 Å². The number of halogens is 2. The molecule has 3 aromatic rings. The summed E-state index contributed by atoms with van der Waals surface area (Å²) in [5.41, 5.74) is 0.984. The van der Waals surface area contributed by atoms with Crippen molar-refractivity contribution in [2.75, 3.05) is 6.61 Å². The highest BCUT2D eigenvalue weighted by Gasteiger charge is 2.19. The minimum atomic E-state index is -1.09. The molecule has 2 aromatic carbocycles. The Morgan fingerprint density at radius 2 is 2.03 bits per heavy atom. The lowest BCUT2D eigenvalue weighted by molar-refractivity contribution is -0.144. The molecular weight excluding hydrogens is 558 g/mol. The van der Waals surface area contributed by atoms with Crippen molar-refractivity contribution in [3.8, 4) is 11.5 Å². The summed E-state index contributed by atoms with van der Waals surface area (Å²) in [5.74, 6) is 0.120. The number of carboxylic acid groups (broad SMARTS) is 1. The van der Waals surface area contributed by atoms with Crippen LogP contribution in [0.2, 0.25) is 0 Å². The summed E-state index contributed by atoms with van der Waals surface area (Å²) >= 11 is 6.82. The lowest BCUT2D eigenvalue weighted by Gasteiger charge is -2.17. The summed E-state index contributed by atoms with van der Waals surface area (Å²) < 4.78 is 13.8. The van der Waals surface area contributed by atoms with Gasteiger partial charge in [0.25, 0.3) is 5.56 Å². The van der Waals surface area contributed by atoms with Crippen LogP contribution < -0.4 is 15.0 Å². The highest BCUT2D eigenvalue weighted by Crippen LogP contribution is 2.37. The molecule has 0 aliphatic carbocycles. The molecule has 8 nitrogen and oxygen atoms in total. The first kappa shape index (κ1) is 24.9. The van der Waals surface area contributed by atoms with Crippen LogP contribution in [0.25, 0.3) is 10.9 Å². The number of hydrogen-bond donors (Lipinski definition) is 1. The normalized spacial score (nSPS) is 12.3. The van der Waals surface area contributed by atoms with Crippen LogP contribution in [0.5, 0.6) is 11.5 Å². The Bertz CT molecular complexity index is 1270. The standard InChI is InChI=1S/C23H23Br2N3O5/c1-4-6-20-27-18-8-7-15(24)11-16(18)22(29)28(20)26-12-14-9-17(25)21(19(10-14)32-5-2)33-13(3)23(30)31/h7-13H,4-6H2,1-3H3,(H,30,31)/t13-/m0/s1. The molecule has 1 atom stereocenters. The zero-order valence-corrected chi connectivity index (χ0v) is 21.5. The van der Waals surface area contributed by atoms with Crippen LogP contribution in [-0.2, 0) is 11.2 Å². The molecule has 0 bridgehead atoms. The van der Waals surface area contributed by atoms with Gasteiger partial charge in [-0.05, 0) is 72.1 Å². The summed E-state index contributed by atoms with van der Waals surface area (Å²) in [5, 5.41) is 14.1. The third-order valence-electron chi connectivity index (χ3n) is 4.65. The molecule has 0 saturated heterocycles. The predicted octanol–water partition coefficient (Wildman–Crippen LogP) is 5.01. The number of benzene rings is 2. The van der Waals surface area contributed by atoms with E-state index in [1.165, 1.54) is 17.8 Å². The quantitative estimate of drug-likeness (QED) is 0.357. The minimum Gasteiger partial charge on any atom is -0.490 e. The van der Waals surface area contributed by atoms with Gasteiger partial charge in [-0.3, -0.25) is 4.79 Å². The number of hydrogen-bond acceptors (Lipinski definition) is 6. The van der Waals surface area contributed by atoms with Gasteiger partial charge in [-0.1, -0.05) is 22.9 Å². The first-order chi connectivity index (χ1) is 15.7. The van der Waals surface area contributed by atoms with Crippen LogP contribution in [0.3, 0.4) is 0 Å². The number of aliphatic carboxylic acids is 1. The molecular formula is C23H23Br2N3O5. The highest BCUT2D eigenvalue weighted by molar-refractivity contribution is 9.10. The van der Waals surface area contributed by atoms with Crippen molar-refractivity contribution in [1.29, 1.82) is 0 Å². The maximum atomic E-state index is 13.2. The Hall–Kier alpha value is -2.72. The molecule has 33 heavy (non-hydrogen) atoms. The average Bonchev–Trinajstić information content (AvgIpc) is 2.76. The summed E-state index contributed by atoms with van der Waals surface area (Å²) in [6.45, 7) is 5.61. The number of nitrogens with zero attached hydrogens (tertiary/aromatic N) is 3. The predicted molar refractivity (Wildman–Crippen MR) is 134 cm³/mol. The van der Waals surface area contributed by atoms with E-state index in [9.17, 15) is 9.59 Å². The third-order valence-corrected chi connectivity index (χ3v) is 5.73. The summed E-state index contributed by atoms with van der Waals surface area (Å²) in [6, 6.07) is 8.77. The van der Waals surface area contributed by atoms with E-state index in [4.69, 9.17) is 14.6 Å². The van der Waals surface area contributed by atoms with E-state index < -0.39 is 12.1 Å². The second-order valence-corrected chi connectivity index (χ2v) is 8.93. The van der Waals surface area contributed by atoms with Crippen molar-refractivity contribution in [3.63, 3.8) is 0 Å². The Kier molecular flexibility index (Phi) is 8.25. The van der Waals surface area contributed by atoms with Crippen LogP contribution in [-0.4, -0.2) is 39.7 Å². The monoisotopic (exact) mass is 579 g/mol. The summed E-state index contributed by atoms with van der Waals surface area (Å²) in [6.07, 6.45) is 1.87. The molecule has 0 saturated carbocycles. The third kappa shape index (κ3) is 5.80. The highest BCUT2D eigenvalue weighted by atomic mass is 79.9. The van der Waals surface area contributed by atoms with Crippen molar-refractivity contribution in [2.24, 2.45) is 5.10 Å².